The van der Waals surface area contributed by atoms with Crippen LogP contribution in [0.15, 0.2) is 0 Å². The Hall–Kier alpha value is -0.570. The predicted octanol–water partition coefficient (Wildman–Crippen LogP) is -0.530. The van der Waals surface area contributed by atoms with Gasteiger partial charge in [-0.05, 0) is 12.8 Å². The van der Waals surface area contributed by atoms with Gasteiger partial charge in [0.15, 0.2) is 0 Å². The molecule has 1 fully saturated rings. The largest absolute Gasteiger partial charge is 0.370 e. The number of nitrogens with one attached hydrogen (secondary N) is 1. The molecule has 0 spiro atoms. The smallest absolute Gasteiger partial charge is 0.217 e. The second-order valence-electron chi connectivity index (χ2n) is 2.63. The lowest BCUT2D eigenvalue weighted by Gasteiger charge is -2.34. The minimum absolute atomic E-state index is 0.187. The van der Waals surface area contributed by atoms with E-state index in [1.165, 1.54) is 0 Å². The predicted molar refractivity (Wildman–Crippen MR) is 34.8 cm³/mol. The molecular weight excluding hydrogens is 116 g/mol. The van der Waals surface area contributed by atoms with Gasteiger partial charge in [0.2, 0.25) is 5.91 Å². The minimum Gasteiger partial charge on any atom is -0.370 e. The molecular formula is C6H12N2O. The Kier molecular flexibility index (Phi) is 1.71. The van der Waals surface area contributed by atoms with E-state index in [4.69, 9.17) is 5.73 Å². The van der Waals surface area contributed by atoms with Gasteiger partial charge >= 0.3 is 0 Å². The lowest BCUT2D eigenvalue weighted by Crippen LogP contribution is -2.52. The van der Waals surface area contributed by atoms with Crippen LogP contribution in [0.4, 0.5) is 0 Å². The summed E-state index contributed by atoms with van der Waals surface area (Å²) >= 11 is 0. The highest BCUT2D eigenvalue weighted by Gasteiger charge is 2.26. The maximum Gasteiger partial charge on any atom is 0.217 e. The first-order chi connectivity index (χ1) is 4.20. The van der Waals surface area contributed by atoms with Crippen molar-refractivity contribution in [3.63, 3.8) is 0 Å². The summed E-state index contributed by atoms with van der Waals surface area (Å²) in [6.07, 6.45) is 0.536. The Morgan fingerprint density at radius 3 is 2.67 bits per heavy atom. The molecule has 1 heterocycles. The van der Waals surface area contributed by atoms with E-state index < -0.39 is 0 Å². The maximum absolute atomic E-state index is 10.3. The van der Waals surface area contributed by atoms with Gasteiger partial charge in [-0.1, -0.05) is 0 Å². The molecule has 52 valence electrons. The van der Waals surface area contributed by atoms with E-state index in [9.17, 15) is 4.79 Å². The molecule has 0 aliphatic carbocycles. The first kappa shape index (κ1) is 6.55. The summed E-state index contributed by atoms with van der Waals surface area (Å²) in [4.78, 5) is 10.3. The number of carbonyl (C=O) groups excluding carboxylic acids is 1. The Labute approximate surface area is 54.6 Å². The normalized spacial score (nSPS) is 33.4. The van der Waals surface area contributed by atoms with Gasteiger partial charge in [-0.2, -0.15) is 0 Å². The van der Waals surface area contributed by atoms with E-state index in [1.807, 2.05) is 0 Å². The van der Waals surface area contributed by atoms with Crippen LogP contribution in [0.1, 0.15) is 13.3 Å². The Balaban J connectivity index is 2.21. The number of amides is 1. The van der Waals surface area contributed by atoms with Crippen LogP contribution in [0.25, 0.3) is 0 Å². The lowest BCUT2D eigenvalue weighted by molar-refractivity contribution is -0.119. The van der Waals surface area contributed by atoms with Crippen molar-refractivity contribution < 1.29 is 4.79 Å². The summed E-state index contributed by atoms with van der Waals surface area (Å²) < 4.78 is 0. The first-order valence-corrected chi connectivity index (χ1v) is 3.22. The average Bonchev–Trinajstić information content (AvgIpc) is 1.79. The van der Waals surface area contributed by atoms with Gasteiger partial charge in [0, 0.05) is 19.0 Å². The van der Waals surface area contributed by atoms with E-state index >= 15 is 0 Å². The molecule has 0 bridgehead atoms. The SMILES string of the molecule is C[C@H]1NC[C@H]1CC(N)=O. The lowest BCUT2D eigenvalue weighted by atomic mass is 9.90. The van der Waals surface area contributed by atoms with E-state index in [0.29, 0.717) is 18.4 Å². The fraction of sp³-hybridized carbons (Fsp3) is 0.833. The van der Waals surface area contributed by atoms with Crippen molar-refractivity contribution in [1.82, 2.24) is 5.32 Å². The monoisotopic (exact) mass is 128 g/mol. The molecule has 0 aromatic rings. The van der Waals surface area contributed by atoms with Crippen molar-refractivity contribution in [2.24, 2.45) is 11.7 Å². The quantitative estimate of drug-likeness (QED) is 0.525. The van der Waals surface area contributed by atoms with Crippen molar-refractivity contribution in [2.75, 3.05) is 6.54 Å². The zero-order valence-corrected chi connectivity index (χ0v) is 5.55. The Morgan fingerprint density at radius 2 is 2.56 bits per heavy atom. The summed E-state index contributed by atoms with van der Waals surface area (Å²) in [5.41, 5.74) is 5.00. The number of rotatable bonds is 2. The summed E-state index contributed by atoms with van der Waals surface area (Å²) in [7, 11) is 0. The second kappa shape index (κ2) is 2.35. The van der Waals surface area contributed by atoms with Crippen LogP contribution in [0, 0.1) is 5.92 Å². The van der Waals surface area contributed by atoms with Crippen LogP contribution in [-0.4, -0.2) is 18.5 Å². The summed E-state index contributed by atoms with van der Waals surface area (Å²) in [6, 6.07) is 0.484. The molecule has 1 rings (SSSR count). The minimum atomic E-state index is -0.187. The molecule has 0 aromatic heterocycles. The van der Waals surface area contributed by atoms with E-state index in [1.54, 1.807) is 0 Å². The molecule has 0 unspecified atom stereocenters. The molecule has 9 heavy (non-hydrogen) atoms. The van der Waals surface area contributed by atoms with Crippen LogP contribution in [0.2, 0.25) is 0 Å². The molecule has 1 aliphatic rings. The van der Waals surface area contributed by atoms with E-state index in [-0.39, 0.29) is 5.91 Å². The molecule has 3 N–H and O–H groups in total. The molecule has 1 saturated heterocycles. The highest BCUT2D eigenvalue weighted by atomic mass is 16.1. The van der Waals surface area contributed by atoms with E-state index in [0.717, 1.165) is 6.54 Å². The first-order valence-electron chi connectivity index (χ1n) is 3.22. The third kappa shape index (κ3) is 1.42. The summed E-state index contributed by atoms with van der Waals surface area (Å²) in [5.74, 6) is 0.302. The van der Waals surface area contributed by atoms with Crippen LogP contribution in [0.5, 0.6) is 0 Å². The van der Waals surface area contributed by atoms with Crippen LogP contribution in [-0.2, 0) is 4.79 Å². The molecule has 2 atom stereocenters. The van der Waals surface area contributed by atoms with E-state index in [2.05, 4.69) is 12.2 Å². The highest BCUT2D eigenvalue weighted by Crippen LogP contribution is 2.15. The van der Waals surface area contributed by atoms with Gasteiger partial charge in [-0.25, -0.2) is 0 Å². The average molecular weight is 128 g/mol. The van der Waals surface area contributed by atoms with Gasteiger partial charge in [-0.3, -0.25) is 4.79 Å². The second-order valence-corrected chi connectivity index (χ2v) is 2.63. The van der Waals surface area contributed by atoms with Crippen molar-refractivity contribution in [3.05, 3.63) is 0 Å². The number of primary amides is 1. The molecule has 1 amide bonds. The third-order valence-corrected chi connectivity index (χ3v) is 1.87. The van der Waals surface area contributed by atoms with Crippen LogP contribution < -0.4 is 11.1 Å². The maximum atomic E-state index is 10.3. The summed E-state index contributed by atoms with van der Waals surface area (Å²) in [6.45, 7) is 3.02. The fourth-order valence-electron chi connectivity index (χ4n) is 1.03. The van der Waals surface area contributed by atoms with Gasteiger partial charge < -0.3 is 11.1 Å². The molecule has 3 nitrogen and oxygen atoms in total. The zero-order valence-electron chi connectivity index (χ0n) is 5.55. The van der Waals surface area contributed by atoms with Gasteiger partial charge in [0.05, 0.1) is 0 Å². The molecule has 0 saturated carbocycles. The third-order valence-electron chi connectivity index (χ3n) is 1.87. The van der Waals surface area contributed by atoms with Crippen molar-refractivity contribution in [1.29, 1.82) is 0 Å². The summed E-state index contributed by atoms with van der Waals surface area (Å²) in [5, 5.41) is 3.16. The standard InChI is InChI=1S/C6H12N2O/c1-4-5(3-8-4)2-6(7)9/h4-5,8H,2-3H2,1H3,(H2,7,9)/t4-,5-/m1/s1. The number of hydrogen-bond donors (Lipinski definition) is 2. The number of hydrogen-bond acceptors (Lipinski definition) is 2. The van der Waals surface area contributed by atoms with Gasteiger partial charge in [0.1, 0.15) is 0 Å². The van der Waals surface area contributed by atoms with Crippen molar-refractivity contribution in [2.45, 2.75) is 19.4 Å². The topological polar surface area (TPSA) is 55.1 Å². The van der Waals surface area contributed by atoms with Crippen molar-refractivity contribution >= 4 is 5.91 Å². The Bertz CT molecular complexity index is 124. The molecule has 3 heteroatoms. The van der Waals surface area contributed by atoms with Crippen LogP contribution in [0.3, 0.4) is 0 Å². The Morgan fingerprint density at radius 1 is 1.89 bits per heavy atom. The van der Waals surface area contributed by atoms with Crippen molar-refractivity contribution in [3.8, 4) is 0 Å². The molecule has 1 aliphatic heterocycles. The fourth-order valence-corrected chi connectivity index (χ4v) is 1.03. The zero-order chi connectivity index (χ0) is 6.85. The number of nitrogens with two attached hydrogens (primary N) is 1. The highest BCUT2D eigenvalue weighted by molar-refractivity contribution is 5.74. The van der Waals surface area contributed by atoms with Gasteiger partial charge in [0.25, 0.3) is 0 Å². The molecule has 0 radical (unpaired) electrons. The van der Waals surface area contributed by atoms with Crippen LogP contribution >= 0.6 is 0 Å². The number of carbonyl (C=O) groups is 1. The molecule has 0 aromatic carbocycles. The van der Waals surface area contributed by atoms with Gasteiger partial charge in [-0.15, -0.1) is 0 Å².